The number of hydrogen-bond donors (Lipinski definition) is 1. The van der Waals surface area contributed by atoms with Gasteiger partial charge >= 0.3 is 5.69 Å². The highest BCUT2D eigenvalue weighted by molar-refractivity contribution is 6.30. The van der Waals surface area contributed by atoms with Crippen molar-refractivity contribution in [3.05, 3.63) is 27.4 Å². The molecule has 0 bridgehead atoms. The lowest BCUT2D eigenvalue weighted by Gasteiger charge is -2.14. The van der Waals surface area contributed by atoms with Gasteiger partial charge in [0.2, 0.25) is 5.82 Å². The largest absolute Gasteiger partial charge is 0.362 e. The highest BCUT2D eigenvalue weighted by Crippen LogP contribution is 2.34. The molecule has 1 aromatic rings. The van der Waals surface area contributed by atoms with E-state index in [-0.39, 0.29) is 16.8 Å². The van der Waals surface area contributed by atoms with E-state index in [9.17, 15) is 10.1 Å². The SMILES string of the molecule is CC(CCC1CC1)Nc1ncc(Cl)cc1[N+](=O)[O-]. The second-order valence-corrected chi connectivity index (χ2v) is 5.28. The summed E-state index contributed by atoms with van der Waals surface area (Å²) in [6.07, 6.45) is 6.25. The highest BCUT2D eigenvalue weighted by atomic mass is 35.5. The number of nitrogens with one attached hydrogen (secondary N) is 1. The minimum atomic E-state index is -0.463. The standard InChI is InChI=1S/C12H16ClN3O2/c1-8(2-3-9-4-5-9)15-12-11(16(17)18)6-10(13)7-14-12/h6-9H,2-5H2,1H3,(H,14,15). The molecule has 5 nitrogen and oxygen atoms in total. The monoisotopic (exact) mass is 269 g/mol. The van der Waals surface area contributed by atoms with Gasteiger partial charge in [0.05, 0.1) is 9.95 Å². The molecule has 0 amide bonds. The fourth-order valence-corrected chi connectivity index (χ4v) is 2.03. The van der Waals surface area contributed by atoms with Gasteiger partial charge < -0.3 is 5.32 Å². The molecule has 2 rings (SSSR count). The average molecular weight is 270 g/mol. The first kappa shape index (κ1) is 13.1. The lowest BCUT2D eigenvalue weighted by molar-refractivity contribution is -0.384. The Hall–Kier alpha value is -1.36. The maximum Gasteiger partial charge on any atom is 0.312 e. The minimum absolute atomic E-state index is 0.0687. The number of nitro groups is 1. The maximum atomic E-state index is 10.9. The van der Waals surface area contributed by atoms with Gasteiger partial charge in [0.25, 0.3) is 0 Å². The predicted octanol–water partition coefficient (Wildman–Crippen LogP) is 3.63. The van der Waals surface area contributed by atoms with Gasteiger partial charge in [-0.15, -0.1) is 0 Å². The molecule has 0 radical (unpaired) electrons. The van der Waals surface area contributed by atoms with E-state index in [0.29, 0.717) is 5.82 Å². The van der Waals surface area contributed by atoms with Gasteiger partial charge in [-0.05, 0) is 25.7 Å². The molecule has 1 atom stereocenters. The molecule has 1 fully saturated rings. The normalized spacial score (nSPS) is 16.3. The van der Waals surface area contributed by atoms with E-state index >= 15 is 0 Å². The van der Waals surface area contributed by atoms with E-state index in [1.807, 2.05) is 6.92 Å². The molecule has 18 heavy (non-hydrogen) atoms. The summed E-state index contributed by atoms with van der Waals surface area (Å²) < 4.78 is 0. The van der Waals surface area contributed by atoms with E-state index in [1.165, 1.54) is 31.5 Å². The Balaban J connectivity index is 2.00. The van der Waals surface area contributed by atoms with Crippen molar-refractivity contribution in [3.8, 4) is 0 Å². The van der Waals surface area contributed by atoms with Crippen LogP contribution in [0.2, 0.25) is 5.02 Å². The number of nitrogens with zero attached hydrogens (tertiary/aromatic N) is 2. The van der Waals surface area contributed by atoms with Crippen LogP contribution in [0.1, 0.15) is 32.6 Å². The zero-order valence-electron chi connectivity index (χ0n) is 10.2. The van der Waals surface area contributed by atoms with Crippen LogP contribution in [0.3, 0.4) is 0 Å². The van der Waals surface area contributed by atoms with Crippen molar-refractivity contribution in [1.82, 2.24) is 4.98 Å². The Morgan fingerprint density at radius 1 is 1.67 bits per heavy atom. The van der Waals surface area contributed by atoms with Crippen molar-refractivity contribution < 1.29 is 4.92 Å². The molecule has 98 valence electrons. The maximum absolute atomic E-state index is 10.9. The summed E-state index contributed by atoms with van der Waals surface area (Å²) >= 11 is 5.71. The second-order valence-electron chi connectivity index (χ2n) is 4.84. The van der Waals surface area contributed by atoms with E-state index in [2.05, 4.69) is 10.3 Å². The summed E-state index contributed by atoms with van der Waals surface area (Å²) in [5.41, 5.74) is -0.0687. The fraction of sp³-hybridized carbons (Fsp3) is 0.583. The van der Waals surface area contributed by atoms with Crippen molar-refractivity contribution in [1.29, 1.82) is 0 Å². The van der Waals surface area contributed by atoms with Gasteiger partial charge in [-0.25, -0.2) is 4.98 Å². The average Bonchev–Trinajstić information content (AvgIpc) is 3.12. The van der Waals surface area contributed by atoms with Gasteiger partial charge in [-0.3, -0.25) is 10.1 Å². The molecule has 1 aromatic heterocycles. The van der Waals surface area contributed by atoms with Gasteiger partial charge in [0.1, 0.15) is 0 Å². The lowest BCUT2D eigenvalue weighted by Crippen LogP contribution is -2.17. The lowest BCUT2D eigenvalue weighted by atomic mass is 10.1. The third-order valence-corrected chi connectivity index (χ3v) is 3.33. The molecule has 0 aliphatic heterocycles. The minimum Gasteiger partial charge on any atom is -0.362 e. The topological polar surface area (TPSA) is 68.1 Å². The van der Waals surface area contributed by atoms with Crippen molar-refractivity contribution in [2.45, 2.75) is 38.6 Å². The van der Waals surface area contributed by atoms with Crippen LogP contribution in [-0.2, 0) is 0 Å². The second kappa shape index (κ2) is 5.52. The summed E-state index contributed by atoms with van der Waals surface area (Å²) in [6, 6.07) is 1.50. The molecule has 1 N–H and O–H groups in total. The molecular formula is C12H16ClN3O2. The predicted molar refractivity (Wildman–Crippen MR) is 70.9 cm³/mol. The van der Waals surface area contributed by atoms with Crippen LogP contribution in [0.5, 0.6) is 0 Å². The quantitative estimate of drug-likeness (QED) is 0.632. The molecule has 1 aliphatic carbocycles. The summed E-state index contributed by atoms with van der Waals surface area (Å²) in [4.78, 5) is 14.4. The Morgan fingerprint density at radius 3 is 3.00 bits per heavy atom. The van der Waals surface area contributed by atoms with E-state index < -0.39 is 4.92 Å². The molecule has 1 saturated carbocycles. The molecule has 1 heterocycles. The first-order valence-corrected chi connectivity index (χ1v) is 6.50. The number of halogens is 1. The smallest absolute Gasteiger partial charge is 0.312 e. The van der Waals surface area contributed by atoms with Crippen LogP contribution in [0.25, 0.3) is 0 Å². The zero-order valence-corrected chi connectivity index (χ0v) is 11.0. The number of aromatic nitrogens is 1. The van der Waals surface area contributed by atoms with E-state index in [1.54, 1.807) is 0 Å². The summed E-state index contributed by atoms with van der Waals surface area (Å²) in [5, 5.41) is 14.3. The number of hydrogen-bond acceptors (Lipinski definition) is 4. The molecule has 1 aliphatic rings. The van der Waals surface area contributed by atoms with Crippen molar-refractivity contribution in [2.75, 3.05) is 5.32 Å². The van der Waals surface area contributed by atoms with Gasteiger partial charge in [0.15, 0.2) is 0 Å². The third-order valence-electron chi connectivity index (χ3n) is 3.12. The van der Waals surface area contributed by atoms with Crippen LogP contribution >= 0.6 is 11.6 Å². The highest BCUT2D eigenvalue weighted by Gasteiger charge is 2.22. The number of anilines is 1. The molecule has 0 aromatic carbocycles. The van der Waals surface area contributed by atoms with Crippen LogP contribution in [0, 0.1) is 16.0 Å². The van der Waals surface area contributed by atoms with Gasteiger partial charge in [-0.2, -0.15) is 0 Å². The number of pyridine rings is 1. The Kier molecular flexibility index (Phi) is 4.01. The molecule has 0 saturated heterocycles. The third kappa shape index (κ3) is 3.57. The number of rotatable bonds is 6. The van der Waals surface area contributed by atoms with E-state index in [4.69, 9.17) is 11.6 Å². The summed E-state index contributed by atoms with van der Waals surface area (Å²) in [5.74, 6) is 1.16. The Morgan fingerprint density at radius 2 is 2.39 bits per heavy atom. The summed E-state index contributed by atoms with van der Waals surface area (Å²) in [7, 11) is 0. The first-order valence-electron chi connectivity index (χ1n) is 6.12. The molecule has 1 unspecified atom stereocenters. The van der Waals surface area contributed by atoms with Crippen molar-refractivity contribution in [3.63, 3.8) is 0 Å². The Labute approximate surface area is 111 Å². The molecule has 0 spiro atoms. The Bertz CT molecular complexity index is 449. The fourth-order valence-electron chi connectivity index (χ4n) is 1.88. The van der Waals surface area contributed by atoms with Crippen LogP contribution in [-0.4, -0.2) is 15.9 Å². The molecule has 6 heteroatoms. The van der Waals surface area contributed by atoms with Crippen LogP contribution in [0.4, 0.5) is 11.5 Å². The zero-order chi connectivity index (χ0) is 13.1. The molecular weight excluding hydrogens is 254 g/mol. The summed E-state index contributed by atoms with van der Waals surface area (Å²) in [6.45, 7) is 2.02. The van der Waals surface area contributed by atoms with Gasteiger partial charge in [0, 0.05) is 18.3 Å². The van der Waals surface area contributed by atoms with Crippen molar-refractivity contribution in [2.24, 2.45) is 5.92 Å². The van der Waals surface area contributed by atoms with Gasteiger partial charge in [-0.1, -0.05) is 24.4 Å². The van der Waals surface area contributed by atoms with Crippen LogP contribution in [0.15, 0.2) is 12.3 Å². The van der Waals surface area contributed by atoms with Crippen LogP contribution < -0.4 is 5.32 Å². The van der Waals surface area contributed by atoms with E-state index in [0.717, 1.165) is 12.3 Å². The van der Waals surface area contributed by atoms with Crippen molar-refractivity contribution >= 4 is 23.1 Å². The first-order chi connectivity index (χ1) is 8.56.